The van der Waals surface area contributed by atoms with Gasteiger partial charge in [0.05, 0.1) is 0 Å². The average molecular weight is 212 g/mol. The van der Waals surface area contributed by atoms with Crippen LogP contribution in [0.25, 0.3) is 0 Å². The van der Waals surface area contributed by atoms with Crippen molar-refractivity contribution in [3.63, 3.8) is 0 Å². The molecule has 0 aromatic heterocycles. The lowest BCUT2D eigenvalue weighted by Crippen LogP contribution is -2.44. The van der Waals surface area contributed by atoms with Gasteiger partial charge in [0.1, 0.15) is 0 Å². The molecule has 1 fully saturated rings. The molecule has 0 radical (unpaired) electrons. The van der Waals surface area contributed by atoms with Crippen LogP contribution < -0.4 is 11.5 Å². The van der Waals surface area contributed by atoms with Crippen LogP contribution in [0.3, 0.4) is 0 Å². The highest BCUT2D eigenvalue weighted by Gasteiger charge is 2.21. The summed E-state index contributed by atoms with van der Waals surface area (Å²) in [5.74, 6) is 0.0873. The molecular formula is C9H20N6. The summed E-state index contributed by atoms with van der Waals surface area (Å²) in [7, 11) is 3.97. The fourth-order valence-corrected chi connectivity index (χ4v) is 1.76. The molecule has 15 heavy (non-hydrogen) atoms. The molecule has 1 heterocycles. The second-order valence-corrected chi connectivity index (χ2v) is 4.01. The average Bonchev–Trinajstić information content (AvgIpc) is 2.17. The molecular weight excluding hydrogens is 192 g/mol. The van der Waals surface area contributed by atoms with Crippen LogP contribution in [0.4, 0.5) is 0 Å². The molecule has 1 aliphatic heterocycles. The first kappa shape index (κ1) is 11.8. The van der Waals surface area contributed by atoms with Crippen molar-refractivity contribution in [2.24, 2.45) is 16.5 Å². The van der Waals surface area contributed by atoms with Crippen molar-refractivity contribution in [3.05, 3.63) is 0 Å². The smallest absolute Gasteiger partial charge is 0.220 e. The molecule has 86 valence electrons. The van der Waals surface area contributed by atoms with Crippen LogP contribution >= 0.6 is 0 Å². The van der Waals surface area contributed by atoms with E-state index in [1.807, 2.05) is 11.9 Å². The summed E-state index contributed by atoms with van der Waals surface area (Å²) in [6, 6.07) is 0.372. The first-order valence-electron chi connectivity index (χ1n) is 5.10. The lowest BCUT2D eigenvalue weighted by molar-refractivity contribution is 0.191. The number of piperidine rings is 1. The number of hydrogen-bond acceptors (Lipinski definition) is 2. The topological polar surface area (TPSA) is 94.7 Å². The summed E-state index contributed by atoms with van der Waals surface area (Å²) in [4.78, 5) is 7.87. The number of nitrogens with one attached hydrogen (secondary N) is 1. The molecule has 0 aromatic carbocycles. The van der Waals surface area contributed by atoms with Gasteiger partial charge in [0, 0.05) is 13.1 Å². The van der Waals surface area contributed by atoms with Gasteiger partial charge >= 0.3 is 0 Å². The van der Waals surface area contributed by atoms with Gasteiger partial charge in [-0.15, -0.1) is 0 Å². The fraction of sp³-hybridized carbons (Fsp3) is 0.778. The molecule has 1 aliphatic rings. The standard InChI is InChI=1S/C9H20N6/c1-14-5-3-7(4-6-14)15(2)9(12)13-8(10)11/h7H,3-6H2,1-2H3,(H5,10,11,12,13). The van der Waals surface area contributed by atoms with Crippen LogP contribution in [0.2, 0.25) is 0 Å². The third-order valence-electron chi connectivity index (χ3n) is 2.80. The van der Waals surface area contributed by atoms with Crippen molar-refractivity contribution >= 4 is 11.9 Å². The number of likely N-dealkylation sites (tertiary alicyclic amines) is 1. The van der Waals surface area contributed by atoms with E-state index in [-0.39, 0.29) is 11.9 Å². The zero-order valence-electron chi connectivity index (χ0n) is 9.40. The van der Waals surface area contributed by atoms with Crippen molar-refractivity contribution in [3.8, 4) is 0 Å². The van der Waals surface area contributed by atoms with Gasteiger partial charge < -0.3 is 21.3 Å². The molecule has 0 amide bonds. The molecule has 1 saturated heterocycles. The summed E-state index contributed by atoms with van der Waals surface area (Å²) in [6.45, 7) is 2.12. The molecule has 0 aliphatic carbocycles. The van der Waals surface area contributed by atoms with E-state index in [1.54, 1.807) is 0 Å². The number of hydrogen-bond donors (Lipinski definition) is 3. The van der Waals surface area contributed by atoms with E-state index in [0.29, 0.717) is 6.04 Å². The Morgan fingerprint density at radius 1 is 1.40 bits per heavy atom. The summed E-state index contributed by atoms with van der Waals surface area (Å²) in [5.41, 5.74) is 10.5. The Bertz CT molecular complexity index is 249. The third-order valence-corrected chi connectivity index (χ3v) is 2.80. The molecule has 6 nitrogen and oxygen atoms in total. The minimum Gasteiger partial charge on any atom is -0.370 e. The first-order chi connectivity index (χ1) is 7.00. The quantitative estimate of drug-likeness (QED) is 0.392. The van der Waals surface area contributed by atoms with Crippen LogP contribution in [0, 0.1) is 5.41 Å². The van der Waals surface area contributed by atoms with Crippen LogP contribution in [0.5, 0.6) is 0 Å². The normalized spacial score (nSPS) is 18.5. The molecule has 0 bridgehead atoms. The number of nitrogens with two attached hydrogens (primary N) is 2. The van der Waals surface area contributed by atoms with E-state index in [0.717, 1.165) is 25.9 Å². The predicted octanol–water partition coefficient (Wildman–Crippen LogP) is -0.779. The molecule has 5 N–H and O–H groups in total. The molecule has 1 rings (SSSR count). The summed E-state index contributed by atoms with van der Waals surface area (Å²) >= 11 is 0. The second-order valence-electron chi connectivity index (χ2n) is 4.01. The number of guanidine groups is 2. The molecule has 0 aromatic rings. The van der Waals surface area contributed by atoms with Crippen LogP contribution in [-0.2, 0) is 0 Å². The fourth-order valence-electron chi connectivity index (χ4n) is 1.76. The van der Waals surface area contributed by atoms with Gasteiger partial charge in [-0.25, -0.2) is 0 Å². The van der Waals surface area contributed by atoms with Crippen molar-refractivity contribution in [1.82, 2.24) is 9.80 Å². The summed E-state index contributed by atoms with van der Waals surface area (Å²) < 4.78 is 0. The molecule has 0 spiro atoms. The highest BCUT2D eigenvalue weighted by Crippen LogP contribution is 2.14. The van der Waals surface area contributed by atoms with Gasteiger partial charge in [-0.3, -0.25) is 5.41 Å². The maximum absolute atomic E-state index is 7.68. The van der Waals surface area contributed by atoms with E-state index in [4.69, 9.17) is 16.9 Å². The van der Waals surface area contributed by atoms with Gasteiger partial charge in [0.2, 0.25) is 5.96 Å². The van der Waals surface area contributed by atoms with E-state index in [1.165, 1.54) is 0 Å². The minimum atomic E-state index is -0.0558. The zero-order valence-corrected chi connectivity index (χ0v) is 9.40. The third kappa shape index (κ3) is 3.39. The maximum Gasteiger partial charge on any atom is 0.220 e. The maximum atomic E-state index is 7.68. The van der Waals surface area contributed by atoms with Crippen LogP contribution in [0.15, 0.2) is 4.99 Å². The number of aliphatic imine (C=N–C) groups is 1. The van der Waals surface area contributed by atoms with Crippen molar-refractivity contribution in [2.45, 2.75) is 18.9 Å². The van der Waals surface area contributed by atoms with Crippen LogP contribution in [0.1, 0.15) is 12.8 Å². The van der Waals surface area contributed by atoms with Crippen molar-refractivity contribution in [2.75, 3.05) is 27.2 Å². The van der Waals surface area contributed by atoms with E-state index < -0.39 is 0 Å². The Morgan fingerprint density at radius 2 is 1.93 bits per heavy atom. The predicted molar refractivity (Wildman–Crippen MR) is 61.8 cm³/mol. The number of nitrogens with zero attached hydrogens (tertiary/aromatic N) is 3. The summed E-state index contributed by atoms with van der Waals surface area (Å²) in [5, 5.41) is 7.68. The lowest BCUT2D eigenvalue weighted by atomic mass is 10.0. The van der Waals surface area contributed by atoms with Gasteiger partial charge in [-0.1, -0.05) is 0 Å². The molecule has 0 saturated carbocycles. The van der Waals surface area contributed by atoms with Gasteiger partial charge in [-0.05, 0) is 33.0 Å². The molecule has 6 heteroatoms. The summed E-state index contributed by atoms with van der Waals surface area (Å²) in [6.07, 6.45) is 2.10. The van der Waals surface area contributed by atoms with E-state index >= 15 is 0 Å². The van der Waals surface area contributed by atoms with Gasteiger partial charge in [0.25, 0.3) is 0 Å². The van der Waals surface area contributed by atoms with E-state index in [2.05, 4.69) is 16.9 Å². The van der Waals surface area contributed by atoms with Crippen molar-refractivity contribution in [1.29, 1.82) is 5.41 Å². The minimum absolute atomic E-state index is 0.0558. The van der Waals surface area contributed by atoms with Gasteiger partial charge in [0.15, 0.2) is 5.96 Å². The lowest BCUT2D eigenvalue weighted by Gasteiger charge is -2.35. The highest BCUT2D eigenvalue weighted by atomic mass is 15.3. The van der Waals surface area contributed by atoms with Crippen LogP contribution in [-0.4, -0.2) is 54.9 Å². The van der Waals surface area contributed by atoms with Gasteiger partial charge in [-0.2, -0.15) is 4.99 Å². The molecule has 0 unspecified atom stereocenters. The largest absolute Gasteiger partial charge is 0.370 e. The Balaban J connectivity index is 2.50. The van der Waals surface area contributed by atoms with Crippen molar-refractivity contribution < 1.29 is 0 Å². The Morgan fingerprint density at radius 3 is 2.40 bits per heavy atom. The highest BCUT2D eigenvalue weighted by molar-refractivity contribution is 5.91. The monoisotopic (exact) mass is 212 g/mol. The second kappa shape index (κ2) is 4.97. The Hall–Kier alpha value is -1.30. The first-order valence-corrected chi connectivity index (χ1v) is 5.10. The SMILES string of the molecule is CN1CCC(N(C)C(=N)N=C(N)N)CC1. The Labute approximate surface area is 90.4 Å². The van der Waals surface area contributed by atoms with E-state index in [9.17, 15) is 0 Å². The number of rotatable bonds is 1. The Kier molecular flexibility index (Phi) is 3.90. The molecule has 0 atom stereocenters. The zero-order chi connectivity index (χ0) is 11.4.